The van der Waals surface area contributed by atoms with Crippen molar-refractivity contribution in [3.05, 3.63) is 59.1 Å². The number of para-hydroxylation sites is 1. The fourth-order valence-electron chi connectivity index (χ4n) is 1.92. The Hall–Kier alpha value is -2.53. The van der Waals surface area contributed by atoms with Crippen LogP contribution in [0.4, 0.5) is 11.4 Å². The Bertz CT molecular complexity index is 699. The Kier molecular flexibility index (Phi) is 5.60. The molecule has 2 amide bonds. The highest BCUT2D eigenvalue weighted by Gasteiger charge is 2.14. The molecule has 5 nitrogen and oxygen atoms in total. The number of hydrogen-bond donors (Lipinski definition) is 2. The van der Waals surface area contributed by atoms with Gasteiger partial charge in [-0.1, -0.05) is 35.9 Å². The second-order valence-corrected chi connectivity index (χ2v) is 5.58. The zero-order chi connectivity index (χ0) is 16.8. The van der Waals surface area contributed by atoms with Crippen molar-refractivity contribution in [3.63, 3.8) is 0 Å². The average molecular weight is 332 g/mol. The Morgan fingerprint density at radius 3 is 2.26 bits per heavy atom. The summed E-state index contributed by atoms with van der Waals surface area (Å²) in [7, 11) is 3.91. The van der Waals surface area contributed by atoms with Crippen molar-refractivity contribution in [2.75, 3.05) is 24.3 Å². The van der Waals surface area contributed by atoms with Crippen LogP contribution in [0.25, 0.3) is 0 Å². The van der Waals surface area contributed by atoms with Crippen molar-refractivity contribution in [1.82, 2.24) is 5.32 Å². The normalized spacial score (nSPS) is 10.0. The molecule has 0 unspecified atom stereocenters. The molecule has 0 spiro atoms. The van der Waals surface area contributed by atoms with Gasteiger partial charge in [-0.3, -0.25) is 9.59 Å². The lowest BCUT2D eigenvalue weighted by Gasteiger charge is -2.13. The highest BCUT2D eigenvalue weighted by molar-refractivity contribution is 6.41. The summed E-state index contributed by atoms with van der Waals surface area (Å²) in [6, 6.07) is 14.5. The van der Waals surface area contributed by atoms with Gasteiger partial charge in [0.25, 0.3) is 0 Å². The second kappa shape index (κ2) is 7.65. The van der Waals surface area contributed by atoms with Gasteiger partial charge in [-0.15, -0.1) is 0 Å². The molecule has 0 bridgehead atoms. The Morgan fingerprint density at radius 1 is 1.00 bits per heavy atom. The minimum Gasteiger partial charge on any atom is -0.378 e. The largest absolute Gasteiger partial charge is 0.378 e. The number of rotatable bonds is 4. The van der Waals surface area contributed by atoms with Gasteiger partial charge in [0.1, 0.15) is 0 Å². The summed E-state index contributed by atoms with van der Waals surface area (Å²) in [6.07, 6.45) is 0. The van der Waals surface area contributed by atoms with Crippen LogP contribution in [0.15, 0.2) is 48.5 Å². The zero-order valence-corrected chi connectivity index (χ0v) is 13.7. The van der Waals surface area contributed by atoms with E-state index in [0.29, 0.717) is 10.7 Å². The molecule has 2 rings (SSSR count). The molecular weight excluding hydrogens is 314 g/mol. The smallest absolute Gasteiger partial charge is 0.313 e. The highest BCUT2D eigenvalue weighted by atomic mass is 35.5. The lowest BCUT2D eigenvalue weighted by atomic mass is 10.2. The van der Waals surface area contributed by atoms with Gasteiger partial charge in [-0.2, -0.15) is 0 Å². The predicted molar refractivity (Wildman–Crippen MR) is 92.7 cm³/mol. The number of carbonyl (C=O) groups excluding carboxylic acids is 2. The quantitative estimate of drug-likeness (QED) is 0.847. The average Bonchev–Trinajstić information content (AvgIpc) is 2.55. The van der Waals surface area contributed by atoms with Gasteiger partial charge < -0.3 is 15.5 Å². The van der Waals surface area contributed by atoms with Crippen LogP contribution in [0.3, 0.4) is 0 Å². The van der Waals surface area contributed by atoms with Crippen LogP contribution in [0.5, 0.6) is 0 Å². The molecule has 0 aliphatic rings. The minimum atomic E-state index is -0.747. The van der Waals surface area contributed by atoms with Gasteiger partial charge in [0.15, 0.2) is 0 Å². The van der Waals surface area contributed by atoms with Crippen molar-refractivity contribution in [2.45, 2.75) is 6.54 Å². The van der Waals surface area contributed by atoms with Crippen LogP contribution in [0.1, 0.15) is 5.56 Å². The first-order valence-corrected chi connectivity index (χ1v) is 7.45. The molecule has 2 aromatic rings. The fraction of sp³-hybridized carbons (Fsp3) is 0.176. The van der Waals surface area contributed by atoms with Crippen LogP contribution in [-0.2, 0) is 16.1 Å². The molecule has 0 heterocycles. The number of benzene rings is 2. The second-order valence-electron chi connectivity index (χ2n) is 5.18. The molecule has 2 aromatic carbocycles. The number of nitrogens with one attached hydrogen (secondary N) is 2. The van der Waals surface area contributed by atoms with Gasteiger partial charge in [0.2, 0.25) is 0 Å². The third-order valence-electron chi connectivity index (χ3n) is 3.23. The molecule has 0 saturated heterocycles. The molecule has 0 fully saturated rings. The van der Waals surface area contributed by atoms with Crippen molar-refractivity contribution in [1.29, 1.82) is 0 Å². The van der Waals surface area contributed by atoms with Crippen LogP contribution in [0, 0.1) is 0 Å². The van der Waals surface area contributed by atoms with Crippen molar-refractivity contribution < 1.29 is 9.59 Å². The molecular formula is C17H18ClN3O2. The van der Waals surface area contributed by atoms with Crippen molar-refractivity contribution in [3.8, 4) is 0 Å². The first kappa shape index (κ1) is 16.8. The van der Waals surface area contributed by atoms with E-state index in [1.165, 1.54) is 0 Å². The van der Waals surface area contributed by atoms with E-state index in [9.17, 15) is 9.59 Å². The number of amides is 2. The molecule has 23 heavy (non-hydrogen) atoms. The summed E-state index contributed by atoms with van der Waals surface area (Å²) in [4.78, 5) is 25.7. The van der Waals surface area contributed by atoms with E-state index in [1.54, 1.807) is 24.3 Å². The lowest BCUT2D eigenvalue weighted by Crippen LogP contribution is -2.35. The summed E-state index contributed by atoms with van der Waals surface area (Å²) >= 11 is 5.94. The molecule has 0 radical (unpaired) electrons. The number of hydrogen-bond acceptors (Lipinski definition) is 3. The standard InChI is InChI=1S/C17H18ClN3O2/c1-21(2)13-9-7-12(8-10-13)11-19-16(22)17(23)20-15-6-4-3-5-14(15)18/h3-10H,11H2,1-2H3,(H,19,22)(H,20,23). The topological polar surface area (TPSA) is 61.4 Å². The predicted octanol–water partition coefficient (Wildman–Crippen LogP) is 2.66. The maximum Gasteiger partial charge on any atom is 0.313 e. The number of carbonyl (C=O) groups is 2. The molecule has 0 aliphatic carbocycles. The van der Waals surface area contributed by atoms with Gasteiger partial charge in [-0.25, -0.2) is 0 Å². The van der Waals surface area contributed by atoms with Crippen molar-refractivity contribution in [2.24, 2.45) is 0 Å². The first-order chi connectivity index (χ1) is 11.0. The zero-order valence-electron chi connectivity index (χ0n) is 13.0. The van der Waals surface area contributed by atoms with Crippen LogP contribution >= 0.6 is 11.6 Å². The molecule has 0 saturated carbocycles. The van der Waals surface area contributed by atoms with E-state index in [-0.39, 0.29) is 6.54 Å². The summed E-state index contributed by atoms with van der Waals surface area (Å²) in [6.45, 7) is 0.280. The molecule has 0 aromatic heterocycles. The van der Waals surface area contributed by atoms with E-state index in [4.69, 9.17) is 11.6 Å². The third-order valence-corrected chi connectivity index (χ3v) is 3.56. The Morgan fingerprint density at radius 2 is 1.65 bits per heavy atom. The van der Waals surface area contributed by atoms with Gasteiger partial charge >= 0.3 is 11.8 Å². The Balaban J connectivity index is 1.89. The van der Waals surface area contributed by atoms with E-state index in [1.807, 2.05) is 43.3 Å². The third kappa shape index (κ3) is 4.72. The van der Waals surface area contributed by atoms with Crippen LogP contribution in [0.2, 0.25) is 5.02 Å². The summed E-state index contributed by atoms with van der Waals surface area (Å²) in [5.74, 6) is -1.45. The number of anilines is 2. The van der Waals surface area contributed by atoms with Gasteiger partial charge in [0.05, 0.1) is 10.7 Å². The number of halogens is 1. The molecule has 6 heteroatoms. The fourth-order valence-corrected chi connectivity index (χ4v) is 2.10. The Labute approximate surface area is 140 Å². The summed E-state index contributed by atoms with van der Waals surface area (Å²) < 4.78 is 0. The van der Waals surface area contributed by atoms with Crippen LogP contribution < -0.4 is 15.5 Å². The SMILES string of the molecule is CN(C)c1ccc(CNC(=O)C(=O)Nc2ccccc2Cl)cc1. The van der Waals surface area contributed by atoms with Crippen molar-refractivity contribution >= 4 is 34.8 Å². The maximum atomic E-state index is 11.8. The molecule has 0 aliphatic heterocycles. The minimum absolute atomic E-state index is 0.280. The van der Waals surface area contributed by atoms with E-state index < -0.39 is 11.8 Å². The maximum absolute atomic E-state index is 11.8. The molecule has 2 N–H and O–H groups in total. The van der Waals surface area contributed by atoms with E-state index >= 15 is 0 Å². The van der Waals surface area contributed by atoms with E-state index in [2.05, 4.69) is 10.6 Å². The first-order valence-electron chi connectivity index (χ1n) is 7.07. The van der Waals surface area contributed by atoms with Gasteiger partial charge in [-0.05, 0) is 29.8 Å². The highest BCUT2D eigenvalue weighted by Crippen LogP contribution is 2.20. The van der Waals surface area contributed by atoms with E-state index in [0.717, 1.165) is 11.3 Å². The summed E-state index contributed by atoms with van der Waals surface area (Å²) in [5.41, 5.74) is 2.38. The van der Waals surface area contributed by atoms with Crippen LogP contribution in [-0.4, -0.2) is 25.9 Å². The number of nitrogens with zero attached hydrogens (tertiary/aromatic N) is 1. The summed E-state index contributed by atoms with van der Waals surface area (Å²) in [5, 5.41) is 5.44. The molecule has 0 atom stereocenters. The molecule has 120 valence electrons. The lowest BCUT2D eigenvalue weighted by molar-refractivity contribution is -0.136. The van der Waals surface area contributed by atoms with Gasteiger partial charge in [0, 0.05) is 26.3 Å². The monoisotopic (exact) mass is 331 g/mol.